The van der Waals surface area contributed by atoms with E-state index in [1.807, 2.05) is 99.0 Å². The Hall–Kier alpha value is -5.14. The number of nitrogens with zero attached hydrogens (tertiary/aromatic N) is 4. The van der Waals surface area contributed by atoms with Crippen molar-refractivity contribution in [2.75, 3.05) is 22.6 Å². The number of nitrogens with one attached hydrogen (secondary N) is 1. The molecular formula is C39H42N6O5Si. The van der Waals surface area contributed by atoms with Crippen LogP contribution in [0.5, 0.6) is 0 Å². The van der Waals surface area contributed by atoms with E-state index >= 15 is 0 Å². The number of aliphatic hydroxyl groups excluding tert-OH is 1. The molecular weight excluding hydrogens is 661 g/mol. The fourth-order valence-electron chi connectivity index (χ4n) is 7.92. The molecule has 0 radical (unpaired) electrons. The van der Waals surface area contributed by atoms with Gasteiger partial charge in [-0.3, -0.25) is 19.2 Å². The lowest BCUT2D eigenvalue weighted by Gasteiger charge is -2.32. The van der Waals surface area contributed by atoms with Crippen molar-refractivity contribution < 1.29 is 24.2 Å². The fraction of sp³-hybridized carbons (Fsp3) is 0.282. The largest absolute Gasteiger partial charge is 0.432 e. The van der Waals surface area contributed by atoms with Crippen molar-refractivity contribution in [1.29, 1.82) is 0 Å². The second-order valence-corrected chi connectivity index (χ2v) is 18.0. The summed E-state index contributed by atoms with van der Waals surface area (Å²) in [5.41, 5.74) is 9.22. The van der Waals surface area contributed by atoms with E-state index in [1.54, 1.807) is 39.9 Å². The molecule has 7 rings (SSSR count). The van der Waals surface area contributed by atoms with E-state index < -0.39 is 25.9 Å². The Bertz CT molecular complexity index is 2030. The number of amides is 2. The fourth-order valence-corrected chi connectivity index (χ4v) is 10.5. The van der Waals surface area contributed by atoms with Crippen LogP contribution in [0, 0.1) is 5.92 Å². The number of aromatic nitrogens is 3. The molecule has 0 aliphatic carbocycles. The Labute approximate surface area is 297 Å². The lowest BCUT2D eigenvalue weighted by Crippen LogP contribution is -2.45. The monoisotopic (exact) mass is 702 g/mol. The number of fused-ring (bicyclic) bond motifs is 2. The minimum Gasteiger partial charge on any atom is -0.432 e. The maximum absolute atomic E-state index is 14.9. The van der Waals surface area contributed by atoms with Crippen LogP contribution >= 0.6 is 0 Å². The number of carbonyl (C=O) groups excluding carboxylic acids is 2. The lowest BCUT2D eigenvalue weighted by molar-refractivity contribution is -0.145. The molecule has 5 N–H and O–H groups in total. The molecule has 1 aromatic heterocycles. The second-order valence-electron chi connectivity index (χ2n) is 14.0. The first-order chi connectivity index (χ1) is 24.5. The topological polar surface area (TPSA) is 156 Å². The summed E-state index contributed by atoms with van der Waals surface area (Å²) in [4.78, 5) is 41.6. The number of aryl methyl sites for hydroxylation is 1. The van der Waals surface area contributed by atoms with Gasteiger partial charge in [0.2, 0.25) is 0 Å². The highest BCUT2D eigenvalue weighted by molar-refractivity contribution is 6.71. The summed E-state index contributed by atoms with van der Waals surface area (Å²) in [5, 5.41) is 21.9. The minimum atomic E-state index is -2.94. The van der Waals surface area contributed by atoms with Crippen LogP contribution in [0.25, 0.3) is 0 Å². The number of ether oxygens (including phenoxy) is 1. The summed E-state index contributed by atoms with van der Waals surface area (Å²) in [6.45, 7) is 6.09. The molecule has 2 amide bonds. The van der Waals surface area contributed by atoms with Gasteiger partial charge in [0.05, 0.1) is 30.0 Å². The Morgan fingerprint density at radius 2 is 1.71 bits per heavy atom. The molecule has 5 aromatic rings. The molecule has 1 fully saturated rings. The lowest BCUT2D eigenvalue weighted by atomic mass is 9.82. The third kappa shape index (κ3) is 6.25. The first-order valence-electron chi connectivity index (χ1n) is 17.2. The van der Waals surface area contributed by atoms with Crippen LogP contribution in [-0.4, -0.2) is 57.7 Å². The van der Waals surface area contributed by atoms with Gasteiger partial charge in [0.25, 0.3) is 11.8 Å². The van der Waals surface area contributed by atoms with Crippen molar-refractivity contribution in [2.24, 2.45) is 5.92 Å². The number of benzene rings is 4. The third-order valence-electron chi connectivity index (χ3n) is 10.3. The molecule has 12 heteroatoms. The zero-order valence-corrected chi connectivity index (χ0v) is 29.8. The molecule has 262 valence electrons. The number of carbonyl (C=O) groups is 2. The zero-order chi connectivity index (χ0) is 35.9. The number of hydrogen-bond donors (Lipinski definition) is 4. The standard InChI is InChI=1S/C39H42N6O5Si/c1-25-36(51(2,3)49)35(20-21-44-23-33(42-43-44)31(24-46)26-10-6-4-7-11-26)50-39(25)32-22-29(41-37(47)27-14-16-28(40)17-15-27)18-19-34(32)45(38(39)48)30-12-8-5-9-13-30/h4-19,22-23,25,31,35-36,46,49H,20-21,24,40H2,1-3H3,(H,41,47)/t25-,31?,35+,36-,39+/m0/s1. The van der Waals surface area contributed by atoms with Crippen molar-refractivity contribution in [1.82, 2.24) is 15.0 Å². The van der Waals surface area contributed by atoms with E-state index in [1.165, 1.54) is 0 Å². The smallest absolute Gasteiger partial charge is 0.268 e. The van der Waals surface area contributed by atoms with Gasteiger partial charge in [0.1, 0.15) is 0 Å². The molecule has 1 spiro atoms. The highest BCUT2D eigenvalue weighted by Crippen LogP contribution is 2.61. The number of nitrogen functional groups attached to an aromatic ring is 1. The molecule has 3 heterocycles. The van der Waals surface area contributed by atoms with Crippen LogP contribution in [0.3, 0.4) is 0 Å². The quantitative estimate of drug-likeness (QED) is 0.105. The number of para-hydroxylation sites is 1. The Balaban J connectivity index is 1.23. The van der Waals surface area contributed by atoms with Crippen LogP contribution in [0.2, 0.25) is 18.6 Å². The maximum Gasteiger partial charge on any atom is 0.268 e. The van der Waals surface area contributed by atoms with Gasteiger partial charge in [0, 0.05) is 52.4 Å². The van der Waals surface area contributed by atoms with E-state index in [4.69, 9.17) is 10.5 Å². The van der Waals surface area contributed by atoms with Crippen LogP contribution in [-0.2, 0) is 21.7 Å². The maximum atomic E-state index is 14.9. The summed E-state index contributed by atoms with van der Waals surface area (Å²) in [6, 6.07) is 31.2. The summed E-state index contributed by atoms with van der Waals surface area (Å²) in [5.74, 6) is -1.26. The predicted molar refractivity (Wildman–Crippen MR) is 198 cm³/mol. The first-order valence-corrected chi connectivity index (χ1v) is 20.2. The van der Waals surface area contributed by atoms with Crippen LogP contribution in [0.4, 0.5) is 22.7 Å². The second kappa shape index (κ2) is 13.5. The van der Waals surface area contributed by atoms with Crippen molar-refractivity contribution in [3.63, 3.8) is 0 Å². The van der Waals surface area contributed by atoms with Gasteiger partial charge >= 0.3 is 0 Å². The van der Waals surface area contributed by atoms with E-state index in [-0.39, 0.29) is 29.9 Å². The first kappa shape index (κ1) is 34.3. The average Bonchev–Trinajstić information content (AvgIpc) is 3.78. The zero-order valence-electron chi connectivity index (χ0n) is 28.8. The molecule has 11 nitrogen and oxygen atoms in total. The van der Waals surface area contributed by atoms with Gasteiger partial charge in [-0.15, -0.1) is 5.10 Å². The number of anilines is 4. The van der Waals surface area contributed by atoms with Gasteiger partial charge in [-0.05, 0) is 79.7 Å². The summed E-state index contributed by atoms with van der Waals surface area (Å²) in [6.07, 6.45) is 1.82. The van der Waals surface area contributed by atoms with Crippen LogP contribution in [0.1, 0.15) is 46.4 Å². The van der Waals surface area contributed by atoms with Gasteiger partial charge in [0.15, 0.2) is 13.9 Å². The summed E-state index contributed by atoms with van der Waals surface area (Å²) >= 11 is 0. The van der Waals surface area contributed by atoms with E-state index in [2.05, 4.69) is 15.6 Å². The van der Waals surface area contributed by atoms with Gasteiger partial charge < -0.3 is 25.7 Å². The molecule has 2 aliphatic rings. The molecule has 1 unspecified atom stereocenters. The third-order valence-corrected chi connectivity index (χ3v) is 12.8. The molecule has 4 aromatic carbocycles. The SMILES string of the molecule is C[C@H]1[C@H]([Si](C)(C)O)[C@@H](CCn2cc(C(CO)c3ccccc3)nn2)O[C@]12C(=O)N(c1ccccc1)c1ccc(NC(=O)c3ccc(N)cc3)cc12. The normalized spacial score (nSPS) is 21.9. The van der Waals surface area contributed by atoms with Gasteiger partial charge in [-0.2, -0.15) is 0 Å². The van der Waals surface area contributed by atoms with Crippen molar-refractivity contribution >= 4 is 42.9 Å². The summed E-state index contributed by atoms with van der Waals surface area (Å²) < 4.78 is 8.76. The van der Waals surface area contributed by atoms with Crippen LogP contribution in [0.15, 0.2) is 109 Å². The van der Waals surface area contributed by atoms with Crippen molar-refractivity contribution in [3.8, 4) is 0 Å². The van der Waals surface area contributed by atoms with Crippen LogP contribution < -0.4 is 16.0 Å². The molecule has 0 bridgehead atoms. The van der Waals surface area contributed by atoms with Gasteiger partial charge in [-0.1, -0.05) is 60.7 Å². The average molecular weight is 703 g/mol. The molecule has 51 heavy (non-hydrogen) atoms. The Kier molecular flexibility index (Phi) is 9.10. The number of rotatable bonds is 10. The van der Waals surface area contributed by atoms with E-state index in [0.29, 0.717) is 52.5 Å². The molecule has 2 aliphatic heterocycles. The molecule has 5 atom stereocenters. The predicted octanol–water partition coefficient (Wildman–Crippen LogP) is 5.80. The molecule has 0 saturated carbocycles. The van der Waals surface area contributed by atoms with Crippen molar-refractivity contribution in [2.45, 2.75) is 56.1 Å². The summed E-state index contributed by atoms with van der Waals surface area (Å²) in [7, 11) is -2.94. The Morgan fingerprint density at radius 3 is 2.37 bits per heavy atom. The van der Waals surface area contributed by atoms with E-state index in [9.17, 15) is 19.5 Å². The highest BCUT2D eigenvalue weighted by atomic mass is 28.4. The molecule has 1 saturated heterocycles. The van der Waals surface area contributed by atoms with Crippen molar-refractivity contribution in [3.05, 3.63) is 132 Å². The number of hydrogen-bond acceptors (Lipinski definition) is 8. The number of aliphatic hydroxyl groups is 1. The van der Waals surface area contributed by atoms with E-state index in [0.717, 1.165) is 5.56 Å². The minimum absolute atomic E-state index is 0.108. The Morgan fingerprint density at radius 1 is 1.02 bits per heavy atom. The van der Waals surface area contributed by atoms with Gasteiger partial charge in [-0.25, -0.2) is 0 Å². The number of nitrogens with two attached hydrogens (primary N) is 1. The highest BCUT2D eigenvalue weighted by Gasteiger charge is 2.66.